The molecule has 4 aromatic carbocycles. The maximum absolute atomic E-state index is 14.0. The lowest BCUT2D eigenvalue weighted by Crippen LogP contribution is -2.48. The minimum absolute atomic E-state index is 0.00562. The van der Waals surface area contributed by atoms with E-state index >= 15 is 0 Å². The van der Waals surface area contributed by atoms with Gasteiger partial charge in [0.25, 0.3) is 0 Å². The summed E-state index contributed by atoms with van der Waals surface area (Å²) >= 11 is 0. The first kappa shape index (κ1) is 18.8. The van der Waals surface area contributed by atoms with Crippen LogP contribution < -0.4 is 0 Å². The lowest BCUT2D eigenvalue weighted by Gasteiger charge is -2.42. The van der Waals surface area contributed by atoms with Crippen molar-refractivity contribution in [3.05, 3.63) is 96.1 Å². The van der Waals surface area contributed by atoms with Crippen molar-refractivity contribution >= 4 is 27.3 Å². The zero-order valence-electron chi connectivity index (χ0n) is 17.9. The van der Waals surface area contributed by atoms with Gasteiger partial charge >= 0.3 is 0 Å². The minimum Gasteiger partial charge on any atom is -0.300 e. The van der Waals surface area contributed by atoms with Gasteiger partial charge in [0, 0.05) is 23.6 Å². The highest BCUT2D eigenvalue weighted by atomic mass is 16.1. The largest absolute Gasteiger partial charge is 0.300 e. The van der Waals surface area contributed by atoms with Gasteiger partial charge in [-0.25, -0.2) is 0 Å². The van der Waals surface area contributed by atoms with E-state index in [2.05, 4.69) is 78.7 Å². The molecule has 2 saturated heterocycles. The fourth-order valence-electron chi connectivity index (χ4n) is 6.14. The van der Waals surface area contributed by atoms with Gasteiger partial charge in [-0.3, -0.25) is 9.69 Å². The third-order valence-corrected chi connectivity index (χ3v) is 7.81. The summed E-state index contributed by atoms with van der Waals surface area (Å²) < 4.78 is 0. The van der Waals surface area contributed by atoms with Gasteiger partial charge in [0.05, 0.1) is 0 Å². The second-order valence-corrected chi connectivity index (χ2v) is 9.36. The zero-order chi connectivity index (χ0) is 20.9. The molecule has 31 heavy (non-hydrogen) atoms. The van der Waals surface area contributed by atoms with Gasteiger partial charge < -0.3 is 0 Å². The highest BCUT2D eigenvalue weighted by molar-refractivity contribution is 6.02. The van der Waals surface area contributed by atoms with Crippen molar-refractivity contribution in [2.45, 2.75) is 37.3 Å². The number of benzene rings is 4. The third-order valence-electron chi connectivity index (χ3n) is 7.81. The Bertz CT molecular complexity index is 1290. The van der Waals surface area contributed by atoms with Crippen LogP contribution in [0.1, 0.15) is 41.1 Å². The van der Waals surface area contributed by atoms with Crippen LogP contribution in [0.25, 0.3) is 21.5 Å². The van der Waals surface area contributed by atoms with Crippen molar-refractivity contribution in [1.82, 2.24) is 4.90 Å². The molecule has 154 valence electrons. The number of hydrogen-bond donors (Lipinski definition) is 0. The van der Waals surface area contributed by atoms with Crippen molar-refractivity contribution in [2.75, 3.05) is 7.05 Å². The SMILES string of the molecule is CN1[C@H]2CC[C@@H]1[C@H](C(=O)c1ccc3ccccc3c1)[C@@H](c1ccc3ccccc3c1)C2. The molecular weight excluding hydrogens is 378 g/mol. The summed E-state index contributed by atoms with van der Waals surface area (Å²) in [6.07, 6.45) is 3.39. The predicted octanol–water partition coefficient (Wildman–Crippen LogP) is 6.44. The van der Waals surface area contributed by atoms with E-state index in [-0.39, 0.29) is 11.8 Å². The van der Waals surface area contributed by atoms with E-state index in [0.717, 1.165) is 23.8 Å². The topological polar surface area (TPSA) is 20.3 Å². The van der Waals surface area contributed by atoms with Crippen molar-refractivity contribution < 1.29 is 4.79 Å². The summed E-state index contributed by atoms with van der Waals surface area (Å²) in [6.45, 7) is 0. The van der Waals surface area contributed by atoms with Crippen LogP contribution in [0.15, 0.2) is 84.9 Å². The maximum Gasteiger partial charge on any atom is 0.168 e. The Kier molecular flexibility index (Phi) is 4.43. The Hall–Kier alpha value is -2.97. The molecule has 0 N–H and O–H groups in total. The molecule has 0 aromatic heterocycles. The van der Waals surface area contributed by atoms with Crippen LogP contribution in [0.5, 0.6) is 0 Å². The van der Waals surface area contributed by atoms with E-state index in [9.17, 15) is 4.79 Å². The molecule has 2 heterocycles. The summed E-state index contributed by atoms with van der Waals surface area (Å²) in [7, 11) is 2.22. The molecule has 2 aliphatic heterocycles. The molecule has 2 nitrogen and oxygen atoms in total. The number of rotatable bonds is 3. The molecule has 0 saturated carbocycles. The van der Waals surface area contributed by atoms with Gasteiger partial charge in [-0.2, -0.15) is 0 Å². The summed E-state index contributed by atoms with van der Waals surface area (Å²) in [5.41, 5.74) is 2.18. The van der Waals surface area contributed by atoms with Crippen LogP contribution in [0, 0.1) is 5.92 Å². The average Bonchev–Trinajstić information content (AvgIpc) is 3.05. The second-order valence-electron chi connectivity index (χ2n) is 9.36. The van der Waals surface area contributed by atoms with Crippen LogP contribution in [0.3, 0.4) is 0 Å². The van der Waals surface area contributed by atoms with E-state index < -0.39 is 0 Å². The molecule has 2 heteroatoms. The molecule has 0 radical (unpaired) electrons. The third kappa shape index (κ3) is 3.09. The molecule has 6 rings (SSSR count). The number of carbonyl (C=O) groups excluding carboxylic acids is 1. The summed E-state index contributed by atoms with van der Waals surface area (Å²) in [5, 5.41) is 4.86. The highest BCUT2D eigenvalue weighted by Gasteiger charge is 2.49. The molecule has 0 amide bonds. The number of carbonyl (C=O) groups is 1. The van der Waals surface area contributed by atoms with Crippen LogP contribution in [-0.4, -0.2) is 29.8 Å². The van der Waals surface area contributed by atoms with Crippen LogP contribution >= 0.6 is 0 Å². The number of ketones is 1. The first-order chi connectivity index (χ1) is 15.2. The summed E-state index contributed by atoms with van der Waals surface area (Å²) in [5.74, 6) is 0.587. The van der Waals surface area contributed by atoms with E-state index in [0.29, 0.717) is 17.9 Å². The van der Waals surface area contributed by atoms with E-state index in [1.54, 1.807) is 0 Å². The number of fused-ring (bicyclic) bond motifs is 4. The molecular formula is C29H27NO. The molecule has 2 bridgehead atoms. The molecule has 0 unspecified atom stereocenters. The first-order valence-corrected chi connectivity index (χ1v) is 11.4. The molecule has 2 aliphatic rings. The van der Waals surface area contributed by atoms with Gasteiger partial charge in [-0.05, 0) is 65.4 Å². The fourth-order valence-corrected chi connectivity index (χ4v) is 6.14. The monoisotopic (exact) mass is 405 g/mol. The zero-order valence-corrected chi connectivity index (χ0v) is 17.9. The lowest BCUT2D eigenvalue weighted by molar-refractivity contribution is 0.0643. The second kappa shape index (κ2) is 7.32. The average molecular weight is 406 g/mol. The standard InChI is InChI=1S/C29H27NO/c1-30-25-14-15-27(30)28(29(31)24-13-11-20-7-3-5-9-22(20)17-24)26(18-25)23-12-10-19-6-2-4-8-21(19)16-23/h2-13,16-17,25-28H,14-15,18H2,1H3/t25-,26+,27+,28+/m0/s1. The number of nitrogens with zero attached hydrogens (tertiary/aromatic N) is 1. The molecule has 4 aromatic rings. The Balaban J connectivity index is 1.44. The Morgan fingerprint density at radius 2 is 1.42 bits per heavy atom. The molecule has 0 aliphatic carbocycles. The maximum atomic E-state index is 14.0. The van der Waals surface area contributed by atoms with Gasteiger partial charge in [0.1, 0.15) is 0 Å². The quantitative estimate of drug-likeness (QED) is 0.365. The minimum atomic E-state index is 0.00562. The summed E-state index contributed by atoms with van der Waals surface area (Å²) in [4.78, 5) is 16.5. The van der Waals surface area contributed by atoms with E-state index in [1.165, 1.54) is 28.1 Å². The van der Waals surface area contributed by atoms with Crippen molar-refractivity contribution in [3.63, 3.8) is 0 Å². The van der Waals surface area contributed by atoms with Gasteiger partial charge in [0.2, 0.25) is 0 Å². The van der Waals surface area contributed by atoms with Crippen LogP contribution in [0.4, 0.5) is 0 Å². The smallest absolute Gasteiger partial charge is 0.168 e. The van der Waals surface area contributed by atoms with Crippen molar-refractivity contribution in [3.8, 4) is 0 Å². The number of hydrogen-bond acceptors (Lipinski definition) is 2. The van der Waals surface area contributed by atoms with E-state index in [4.69, 9.17) is 0 Å². The fraction of sp³-hybridized carbons (Fsp3) is 0.276. The molecule has 2 fully saturated rings. The lowest BCUT2D eigenvalue weighted by atomic mass is 9.72. The van der Waals surface area contributed by atoms with E-state index in [1.807, 2.05) is 18.2 Å². The predicted molar refractivity (Wildman–Crippen MR) is 128 cm³/mol. The van der Waals surface area contributed by atoms with Gasteiger partial charge in [-0.15, -0.1) is 0 Å². The van der Waals surface area contributed by atoms with Crippen molar-refractivity contribution in [1.29, 1.82) is 0 Å². The van der Waals surface area contributed by atoms with Gasteiger partial charge in [0.15, 0.2) is 5.78 Å². The number of piperidine rings is 1. The normalized spacial score (nSPS) is 25.8. The highest BCUT2D eigenvalue weighted by Crippen LogP contribution is 2.47. The van der Waals surface area contributed by atoms with Crippen molar-refractivity contribution in [2.24, 2.45) is 5.92 Å². The Morgan fingerprint density at radius 3 is 2.16 bits per heavy atom. The Labute approximate surface area is 183 Å². The first-order valence-electron chi connectivity index (χ1n) is 11.4. The van der Waals surface area contributed by atoms with Crippen LogP contribution in [-0.2, 0) is 0 Å². The molecule has 4 atom stereocenters. The summed E-state index contributed by atoms with van der Waals surface area (Å²) in [6, 6.07) is 30.8. The van der Waals surface area contributed by atoms with Gasteiger partial charge in [-0.1, -0.05) is 78.9 Å². The number of Topliss-reactive ketones (excluding diaryl/α,β-unsaturated/α-hetero) is 1. The van der Waals surface area contributed by atoms with Crippen LogP contribution in [0.2, 0.25) is 0 Å². The molecule has 0 spiro atoms. The Morgan fingerprint density at radius 1 is 0.774 bits per heavy atom.